The Morgan fingerprint density at radius 3 is 1.53 bits per heavy atom. The fourth-order valence-corrected chi connectivity index (χ4v) is 6.71. The molecule has 0 radical (unpaired) electrons. The van der Waals surface area contributed by atoms with Crippen LogP contribution >= 0.6 is 0 Å². The summed E-state index contributed by atoms with van der Waals surface area (Å²) in [6.45, 7) is 0. The number of furan rings is 1. The Balaban J connectivity index is 1.39. The lowest BCUT2D eigenvalue weighted by molar-refractivity contribution is 0.666. The Labute approximate surface area is 370 Å². The molecule has 0 aliphatic carbocycles. The first-order chi connectivity index (χ1) is 41.2. The number of para-hydroxylation sites is 3. The smallest absolute Gasteiger partial charge is 0.238 e. The first-order valence-electron chi connectivity index (χ1n) is 32.1. The van der Waals surface area contributed by atoms with Gasteiger partial charge in [-0.15, -0.1) is 0 Å². The molecule has 0 amide bonds. The van der Waals surface area contributed by atoms with Gasteiger partial charge in [0, 0.05) is 43.4 Å². The van der Waals surface area contributed by atoms with Gasteiger partial charge in [0.05, 0.1) is 70.2 Å². The largest absolute Gasteiger partial charge is 0.454 e. The van der Waals surface area contributed by atoms with Crippen LogP contribution in [0.2, 0.25) is 0 Å². The third kappa shape index (κ3) is 4.81. The van der Waals surface area contributed by atoms with Gasteiger partial charge in [-0.1, -0.05) is 157 Å². The third-order valence-corrected chi connectivity index (χ3v) is 9.03. The number of rotatable bonds is 5. The Hall–Kier alpha value is -7.83. The van der Waals surface area contributed by atoms with Crippen molar-refractivity contribution in [1.29, 1.82) is 0 Å². The van der Waals surface area contributed by atoms with E-state index in [1.807, 2.05) is 0 Å². The van der Waals surface area contributed by atoms with Crippen LogP contribution in [0.3, 0.4) is 0 Å². The molecule has 57 heavy (non-hydrogen) atoms. The Bertz CT molecular complexity index is 5190. The molecule has 0 unspecified atom stereocenters. The number of benzene rings is 8. The highest BCUT2D eigenvalue weighted by Crippen LogP contribution is 2.44. The van der Waals surface area contributed by atoms with Crippen molar-refractivity contribution < 1.29 is 46.9 Å². The molecule has 266 valence electrons. The lowest BCUT2D eigenvalue weighted by Gasteiger charge is -2.13. The number of hydrogen-bond donors (Lipinski definition) is 0. The maximum Gasteiger partial charge on any atom is 0.238 e. The Morgan fingerprint density at radius 1 is 0.386 bits per heavy atom. The van der Waals surface area contributed by atoms with E-state index in [1.165, 1.54) is 0 Å². The quantitative estimate of drug-likeness (QED) is 0.175. The minimum Gasteiger partial charge on any atom is -0.454 e. The molecule has 0 atom stereocenters. The van der Waals surface area contributed by atoms with Gasteiger partial charge >= 0.3 is 0 Å². The van der Waals surface area contributed by atoms with Crippen molar-refractivity contribution in [1.82, 2.24) is 24.1 Å². The van der Waals surface area contributed by atoms with E-state index in [2.05, 4.69) is 15.0 Å². The molecule has 12 rings (SSSR count). The van der Waals surface area contributed by atoms with Crippen LogP contribution in [0, 0.1) is 0 Å². The fourth-order valence-electron chi connectivity index (χ4n) is 6.71. The van der Waals surface area contributed by atoms with Gasteiger partial charge in [0.15, 0.2) is 17.2 Å². The van der Waals surface area contributed by atoms with Crippen LogP contribution in [0.5, 0.6) is 0 Å². The van der Waals surface area contributed by atoms with E-state index in [4.69, 9.17) is 30.5 Å². The highest BCUT2D eigenvalue weighted by Gasteiger charge is 2.25. The predicted octanol–water partition coefficient (Wildman–Crippen LogP) is 13.0. The predicted molar refractivity (Wildman–Crippen MR) is 232 cm³/mol. The van der Waals surface area contributed by atoms with Crippen molar-refractivity contribution in [2.75, 3.05) is 0 Å². The first kappa shape index (κ1) is 13.7. The summed E-state index contributed by atoms with van der Waals surface area (Å²) in [4.78, 5) is 13.4. The number of fused-ring (bicyclic) bond motifs is 10. The van der Waals surface area contributed by atoms with Gasteiger partial charge in [-0.25, -0.2) is 4.98 Å². The monoisotopic (exact) mass is 760 g/mol. The van der Waals surface area contributed by atoms with Crippen molar-refractivity contribution in [3.63, 3.8) is 0 Å². The van der Waals surface area contributed by atoms with Crippen molar-refractivity contribution in [2.24, 2.45) is 0 Å². The van der Waals surface area contributed by atoms with Crippen LogP contribution in [-0.2, 0) is 0 Å². The summed E-state index contributed by atoms with van der Waals surface area (Å²) in [5, 5.41) is -3.76. The number of hydrogen-bond acceptors (Lipinski definition) is 4. The highest BCUT2D eigenvalue weighted by atomic mass is 16.3. The standard InChI is InChI=1S/C51H31N5O/c1-4-15-32(16-5-1)35-27-28-38-41-23-14-26-44(48(41)57-45(38)31-35)55-42-24-12-10-21-36(42)39-29-30-40-37-22-11-13-25-43(37)56(47(40)46(39)55)51-53-49(33-17-6-2-7-18-33)52-50(54-51)34-19-8-3-9-20-34/h1-31H/i1D,2D,3D,4D,5D,6D,7D,8D,9D,10D,11D,12D,13D,14D,15D,16D,17D,18D,19D,20D,21D,22D,23D,24D,25D,26D,27D,28D,29D,30D,31D. The molecule has 0 N–H and O–H groups in total. The SMILES string of the molecule is [2H]c1c([2H])c([2H])c(-c2nc(-c3c([2H])c([2H])c([2H])c([2H])c3[2H])nc(-n3c4c([2H])c([2H])c([2H])c([2H])c4c4c([2H])c([2H])c5c6c([2H])c([2H])c([2H])c([2H])c6n(-c6c([2H])c([2H])c([2H])c7c6oc6c([2H])c(-c8c([2H])c([2H])c([2H])c([2H])c8[2H])c([2H])c([2H])c67)c5c43)n2)c([2H])c1[2H]. The van der Waals surface area contributed by atoms with E-state index in [9.17, 15) is 16.4 Å². The average Bonchev–Trinajstić information content (AvgIpc) is 1.51. The van der Waals surface area contributed by atoms with Gasteiger partial charge in [-0.3, -0.25) is 4.57 Å². The highest BCUT2D eigenvalue weighted by molar-refractivity contribution is 6.24. The summed E-state index contributed by atoms with van der Waals surface area (Å²) >= 11 is 0. The molecule has 4 heterocycles. The van der Waals surface area contributed by atoms with E-state index < -0.39 is 298 Å². The number of aromatic nitrogens is 5. The molecule has 0 aliphatic rings. The molecule has 6 heteroatoms. The molecule has 0 saturated carbocycles. The molecule has 8 aromatic carbocycles. The van der Waals surface area contributed by atoms with Gasteiger partial charge < -0.3 is 8.98 Å². The molecule has 0 bridgehead atoms. The summed E-state index contributed by atoms with van der Waals surface area (Å²) in [6.07, 6.45) is 0. The normalized spacial score (nSPS) is 19.5. The second kappa shape index (κ2) is 12.3. The van der Waals surface area contributed by atoms with Crippen molar-refractivity contribution >= 4 is 65.6 Å². The van der Waals surface area contributed by atoms with E-state index in [0.29, 0.717) is 0 Å². The van der Waals surface area contributed by atoms with E-state index >= 15 is 0 Å². The molecular weight excluding hydrogens is 699 g/mol. The van der Waals surface area contributed by atoms with E-state index in [-0.39, 0.29) is 0 Å². The van der Waals surface area contributed by atoms with E-state index in [1.54, 1.807) is 0 Å². The third-order valence-electron chi connectivity index (χ3n) is 9.03. The van der Waals surface area contributed by atoms with Crippen LogP contribution in [0.4, 0.5) is 0 Å². The van der Waals surface area contributed by atoms with Crippen molar-refractivity contribution in [3.05, 3.63) is 187 Å². The maximum absolute atomic E-state index is 9.82. The van der Waals surface area contributed by atoms with Gasteiger partial charge in [-0.2, -0.15) is 9.97 Å². The average molecular weight is 761 g/mol. The lowest BCUT2D eigenvalue weighted by atomic mass is 10.0. The summed E-state index contributed by atoms with van der Waals surface area (Å²) in [7, 11) is 0. The van der Waals surface area contributed by atoms with Crippen molar-refractivity contribution in [2.45, 2.75) is 0 Å². The minimum atomic E-state index is -1.05. The molecule has 4 aromatic heterocycles. The summed E-state index contributed by atoms with van der Waals surface area (Å²) in [5.41, 5.74) is -8.22. The molecule has 0 saturated heterocycles. The van der Waals surface area contributed by atoms with Crippen molar-refractivity contribution in [3.8, 4) is 45.5 Å². The molecule has 0 spiro atoms. The number of nitrogens with zero attached hydrogens (tertiary/aromatic N) is 5. The van der Waals surface area contributed by atoms with Crippen LogP contribution in [0.25, 0.3) is 111 Å². The summed E-state index contributed by atoms with van der Waals surface area (Å²) in [5.74, 6) is -2.78. The van der Waals surface area contributed by atoms with Gasteiger partial charge in [0.1, 0.15) is 5.58 Å². The van der Waals surface area contributed by atoms with Crippen LogP contribution < -0.4 is 0 Å². The minimum absolute atomic E-state index is 0.591. The summed E-state index contributed by atoms with van der Waals surface area (Å²) in [6, 6.07) is -29.2. The fraction of sp³-hybridized carbons (Fsp3) is 0. The molecule has 12 aromatic rings. The second-order valence-electron chi connectivity index (χ2n) is 12.1. The zero-order valence-corrected chi connectivity index (χ0v) is 28.1. The molecule has 6 nitrogen and oxygen atoms in total. The second-order valence-corrected chi connectivity index (χ2v) is 12.1. The first-order valence-corrected chi connectivity index (χ1v) is 16.6. The van der Waals surface area contributed by atoms with Crippen LogP contribution in [0.15, 0.2) is 192 Å². The van der Waals surface area contributed by atoms with Gasteiger partial charge in [0.25, 0.3) is 0 Å². The molecule has 0 aliphatic heterocycles. The zero-order chi connectivity index (χ0) is 64.4. The zero-order valence-electron chi connectivity index (χ0n) is 59.1. The topological polar surface area (TPSA) is 61.7 Å². The molecule has 0 fully saturated rings. The van der Waals surface area contributed by atoms with Gasteiger partial charge in [0.2, 0.25) is 5.95 Å². The van der Waals surface area contributed by atoms with Crippen LogP contribution in [-0.4, -0.2) is 24.1 Å². The van der Waals surface area contributed by atoms with Gasteiger partial charge in [-0.05, 0) is 41.3 Å². The summed E-state index contributed by atoms with van der Waals surface area (Å²) < 4.78 is 287. The lowest BCUT2D eigenvalue weighted by Crippen LogP contribution is -2.07. The van der Waals surface area contributed by atoms with E-state index in [0.717, 1.165) is 9.13 Å². The van der Waals surface area contributed by atoms with Crippen LogP contribution in [0.1, 0.15) is 42.5 Å². The Kier molecular flexibility index (Phi) is 2.97. The Morgan fingerprint density at radius 2 is 0.895 bits per heavy atom. The molecular formula is C51H31N5O. The maximum atomic E-state index is 9.82.